The summed E-state index contributed by atoms with van der Waals surface area (Å²) >= 11 is 0. The van der Waals surface area contributed by atoms with Gasteiger partial charge in [0, 0.05) is 23.0 Å². The SMILES string of the molecule is COc1cc2[nH]ncc2cc1Nc1ccnc2[nH]c(S(=O)(=O)c3ccc(C)cc3)cc12. The molecule has 0 aliphatic rings. The Bertz CT molecular complexity index is 1520. The second kappa shape index (κ2) is 7.13. The highest BCUT2D eigenvalue weighted by molar-refractivity contribution is 7.91. The van der Waals surface area contributed by atoms with E-state index in [2.05, 4.69) is 25.5 Å². The van der Waals surface area contributed by atoms with E-state index in [1.165, 1.54) is 0 Å². The Morgan fingerprint density at radius 1 is 1.03 bits per heavy atom. The summed E-state index contributed by atoms with van der Waals surface area (Å²) in [5, 5.41) is 12.0. The van der Waals surface area contributed by atoms with Gasteiger partial charge in [0.2, 0.25) is 9.84 Å². The van der Waals surface area contributed by atoms with Gasteiger partial charge in [0.25, 0.3) is 0 Å². The van der Waals surface area contributed by atoms with Gasteiger partial charge in [0.15, 0.2) is 0 Å². The van der Waals surface area contributed by atoms with Crippen molar-refractivity contribution < 1.29 is 13.2 Å². The Kier molecular flexibility index (Phi) is 4.40. The third-order valence-corrected chi connectivity index (χ3v) is 6.85. The molecule has 9 heteroatoms. The molecule has 0 aliphatic heterocycles. The summed E-state index contributed by atoms with van der Waals surface area (Å²) < 4.78 is 31.7. The first-order valence-electron chi connectivity index (χ1n) is 9.53. The summed E-state index contributed by atoms with van der Waals surface area (Å²) in [4.78, 5) is 7.48. The van der Waals surface area contributed by atoms with E-state index < -0.39 is 9.84 Å². The molecular weight excluding hydrogens is 414 g/mol. The topological polar surface area (TPSA) is 113 Å². The fraction of sp³-hybridized carbons (Fsp3) is 0.0909. The molecule has 5 aromatic rings. The van der Waals surface area contributed by atoms with Crippen molar-refractivity contribution in [3.8, 4) is 5.75 Å². The van der Waals surface area contributed by atoms with Crippen LogP contribution >= 0.6 is 0 Å². The number of aromatic nitrogens is 4. The molecular formula is C22H19N5O3S. The van der Waals surface area contributed by atoms with Crippen molar-refractivity contribution in [2.75, 3.05) is 12.4 Å². The van der Waals surface area contributed by atoms with E-state index in [0.717, 1.165) is 22.2 Å². The lowest BCUT2D eigenvalue weighted by atomic mass is 10.2. The number of fused-ring (bicyclic) bond motifs is 2. The Morgan fingerprint density at radius 2 is 1.84 bits per heavy atom. The molecule has 5 rings (SSSR count). The minimum atomic E-state index is -3.70. The molecule has 3 aromatic heterocycles. The number of nitrogens with zero attached hydrogens (tertiary/aromatic N) is 2. The number of benzene rings is 2. The highest BCUT2D eigenvalue weighted by Crippen LogP contribution is 2.35. The van der Waals surface area contributed by atoms with Gasteiger partial charge in [-0.1, -0.05) is 17.7 Å². The number of aryl methyl sites for hydroxylation is 1. The third kappa shape index (κ3) is 3.28. The smallest absolute Gasteiger partial charge is 0.221 e. The van der Waals surface area contributed by atoms with E-state index in [-0.39, 0.29) is 9.92 Å². The lowest BCUT2D eigenvalue weighted by Crippen LogP contribution is -2.02. The van der Waals surface area contributed by atoms with Crippen molar-refractivity contribution in [2.45, 2.75) is 16.8 Å². The number of H-pyrrole nitrogens is 2. The van der Waals surface area contributed by atoms with Crippen LogP contribution in [0.25, 0.3) is 21.9 Å². The van der Waals surface area contributed by atoms with Crippen LogP contribution in [-0.2, 0) is 9.84 Å². The van der Waals surface area contributed by atoms with Crippen LogP contribution in [0, 0.1) is 6.92 Å². The molecule has 2 aromatic carbocycles. The number of aromatic amines is 2. The highest BCUT2D eigenvalue weighted by atomic mass is 32.2. The fourth-order valence-electron chi connectivity index (χ4n) is 3.48. The van der Waals surface area contributed by atoms with E-state index in [4.69, 9.17) is 4.74 Å². The molecule has 8 nitrogen and oxygen atoms in total. The number of nitrogens with one attached hydrogen (secondary N) is 3. The van der Waals surface area contributed by atoms with Crippen LogP contribution < -0.4 is 10.1 Å². The molecule has 0 saturated heterocycles. The quantitative estimate of drug-likeness (QED) is 0.380. The van der Waals surface area contributed by atoms with E-state index in [1.54, 1.807) is 55.9 Å². The van der Waals surface area contributed by atoms with Crippen molar-refractivity contribution in [3.63, 3.8) is 0 Å². The van der Waals surface area contributed by atoms with Gasteiger partial charge in [-0.25, -0.2) is 13.4 Å². The average molecular weight is 433 g/mol. The molecule has 31 heavy (non-hydrogen) atoms. The van der Waals surface area contributed by atoms with Crippen molar-refractivity contribution >= 4 is 43.1 Å². The van der Waals surface area contributed by atoms with Crippen molar-refractivity contribution in [1.29, 1.82) is 0 Å². The zero-order chi connectivity index (χ0) is 21.6. The minimum Gasteiger partial charge on any atom is -0.494 e. The molecule has 0 unspecified atom stereocenters. The Balaban J connectivity index is 1.59. The molecule has 0 spiro atoms. The van der Waals surface area contributed by atoms with Crippen molar-refractivity contribution in [3.05, 3.63) is 66.5 Å². The predicted octanol–water partition coefficient (Wildman–Crippen LogP) is 4.33. The molecule has 0 amide bonds. The van der Waals surface area contributed by atoms with E-state index in [1.807, 2.05) is 19.1 Å². The van der Waals surface area contributed by atoms with Gasteiger partial charge >= 0.3 is 0 Å². The van der Waals surface area contributed by atoms with Crippen LogP contribution in [0.2, 0.25) is 0 Å². The standard InChI is InChI=1S/C22H19N5O3S/c1-13-3-5-15(6-4-13)31(28,29)21-10-16-17(7-8-23-22(16)26-21)25-19-9-14-12-24-27-18(14)11-20(19)30-2/h3-12H,1-2H3,(H,24,27)(H2,23,25,26). The van der Waals surface area contributed by atoms with Crippen LogP contribution in [0.5, 0.6) is 5.75 Å². The Labute approximate surface area is 178 Å². The second-order valence-corrected chi connectivity index (χ2v) is 9.12. The molecule has 3 heterocycles. The third-order valence-electron chi connectivity index (χ3n) is 5.16. The number of sulfone groups is 1. The molecule has 0 atom stereocenters. The number of methoxy groups -OCH3 is 1. The number of ether oxygens (including phenoxy) is 1. The maximum atomic E-state index is 13.1. The van der Waals surface area contributed by atoms with Crippen molar-refractivity contribution in [1.82, 2.24) is 20.2 Å². The summed E-state index contributed by atoms with van der Waals surface area (Å²) in [7, 11) is -2.11. The number of hydrogen-bond acceptors (Lipinski definition) is 6. The maximum Gasteiger partial charge on any atom is 0.221 e. The van der Waals surface area contributed by atoms with E-state index >= 15 is 0 Å². The van der Waals surface area contributed by atoms with Gasteiger partial charge < -0.3 is 15.0 Å². The predicted molar refractivity (Wildman–Crippen MR) is 119 cm³/mol. The molecule has 3 N–H and O–H groups in total. The van der Waals surface area contributed by atoms with Crippen LogP contribution in [0.3, 0.4) is 0 Å². The monoisotopic (exact) mass is 433 g/mol. The number of hydrogen-bond donors (Lipinski definition) is 3. The molecule has 156 valence electrons. The zero-order valence-electron chi connectivity index (χ0n) is 16.8. The van der Waals surface area contributed by atoms with Gasteiger partial charge in [0.1, 0.15) is 16.4 Å². The summed E-state index contributed by atoms with van der Waals surface area (Å²) in [6.07, 6.45) is 3.34. The molecule has 0 bridgehead atoms. The zero-order valence-corrected chi connectivity index (χ0v) is 17.6. The van der Waals surface area contributed by atoms with Gasteiger partial charge in [-0.15, -0.1) is 0 Å². The van der Waals surface area contributed by atoms with Crippen LogP contribution in [-0.4, -0.2) is 35.7 Å². The first-order chi connectivity index (χ1) is 15.0. The lowest BCUT2D eigenvalue weighted by Gasteiger charge is -2.12. The van der Waals surface area contributed by atoms with Gasteiger partial charge in [-0.2, -0.15) is 5.10 Å². The fourth-order valence-corrected chi connectivity index (χ4v) is 4.74. The minimum absolute atomic E-state index is 0.0883. The van der Waals surface area contributed by atoms with Gasteiger partial charge in [-0.3, -0.25) is 5.10 Å². The summed E-state index contributed by atoms with van der Waals surface area (Å²) in [5.41, 5.74) is 3.75. The molecule has 0 radical (unpaired) electrons. The van der Waals surface area contributed by atoms with Crippen LogP contribution in [0.4, 0.5) is 11.4 Å². The molecule has 0 saturated carbocycles. The highest BCUT2D eigenvalue weighted by Gasteiger charge is 2.21. The molecule has 0 aliphatic carbocycles. The second-order valence-electron chi connectivity index (χ2n) is 7.21. The Morgan fingerprint density at radius 3 is 2.61 bits per heavy atom. The van der Waals surface area contributed by atoms with Crippen LogP contribution in [0.15, 0.2) is 70.8 Å². The first-order valence-corrected chi connectivity index (χ1v) is 11.0. The lowest BCUT2D eigenvalue weighted by molar-refractivity contribution is 0.417. The normalized spacial score (nSPS) is 11.8. The molecule has 0 fully saturated rings. The summed E-state index contributed by atoms with van der Waals surface area (Å²) in [5.74, 6) is 0.629. The largest absolute Gasteiger partial charge is 0.494 e. The van der Waals surface area contributed by atoms with E-state index in [9.17, 15) is 8.42 Å². The summed E-state index contributed by atoms with van der Waals surface area (Å²) in [6.45, 7) is 1.91. The van der Waals surface area contributed by atoms with Crippen molar-refractivity contribution in [2.24, 2.45) is 0 Å². The first kappa shape index (κ1) is 19.1. The number of anilines is 2. The van der Waals surface area contributed by atoms with Gasteiger partial charge in [0.05, 0.1) is 35.1 Å². The Hall–Kier alpha value is -3.85. The number of pyridine rings is 1. The van der Waals surface area contributed by atoms with Gasteiger partial charge in [-0.05, 0) is 37.3 Å². The average Bonchev–Trinajstić information content (AvgIpc) is 3.41. The summed E-state index contributed by atoms with van der Waals surface area (Å²) in [6, 6.07) is 13.9. The maximum absolute atomic E-state index is 13.1. The number of rotatable bonds is 5. The van der Waals surface area contributed by atoms with E-state index in [0.29, 0.717) is 22.5 Å². The van der Waals surface area contributed by atoms with Crippen LogP contribution in [0.1, 0.15) is 5.56 Å².